The van der Waals surface area contributed by atoms with Crippen molar-refractivity contribution < 1.29 is 72.3 Å². The van der Waals surface area contributed by atoms with Gasteiger partial charge < -0.3 is 67.8 Å². The second kappa shape index (κ2) is 9.54. The molecule has 1 saturated heterocycles. The lowest BCUT2D eigenvalue weighted by Crippen LogP contribution is -3.00. The second-order valence-electron chi connectivity index (χ2n) is 7.49. The van der Waals surface area contributed by atoms with Gasteiger partial charge in [0, 0.05) is 24.3 Å². The van der Waals surface area contributed by atoms with Gasteiger partial charge in [-0.2, -0.15) is 0 Å². The molecule has 2 aromatic carbocycles. The molecule has 0 amide bonds. The Kier molecular flexibility index (Phi) is 7.12. The van der Waals surface area contributed by atoms with Crippen LogP contribution in [0.3, 0.4) is 0 Å². The number of benzene rings is 2. The Morgan fingerprint density at radius 2 is 1.47 bits per heavy atom. The largest absolute Gasteiger partial charge is 1.00 e. The Bertz CT molecular complexity index is 1180. The van der Waals surface area contributed by atoms with E-state index in [9.17, 15) is 46.0 Å². The average molecular weight is 501 g/mol. The molecule has 1 fully saturated rings. The molecule has 1 aliphatic rings. The maximum atomic E-state index is 10.3. The van der Waals surface area contributed by atoms with Crippen LogP contribution in [0.2, 0.25) is 0 Å². The minimum absolute atomic E-state index is 0. The first kappa shape index (κ1) is 25.4. The molecule has 34 heavy (non-hydrogen) atoms. The third-order valence-electron chi connectivity index (χ3n) is 5.24. The minimum Gasteiger partial charge on any atom is -1.00 e. The van der Waals surface area contributed by atoms with Crippen molar-refractivity contribution in [1.29, 1.82) is 0 Å². The molecule has 9 N–H and O–H groups in total. The first-order valence-corrected chi connectivity index (χ1v) is 9.66. The second-order valence-corrected chi connectivity index (χ2v) is 7.49. The van der Waals surface area contributed by atoms with Crippen LogP contribution in [-0.4, -0.2) is 83.3 Å². The van der Waals surface area contributed by atoms with Crippen LogP contribution in [0, 0.1) is 0 Å². The van der Waals surface area contributed by atoms with Crippen LogP contribution in [0.5, 0.6) is 34.5 Å². The van der Waals surface area contributed by atoms with Crippen molar-refractivity contribution in [3.05, 3.63) is 30.3 Å². The summed E-state index contributed by atoms with van der Waals surface area (Å²) in [6, 6.07) is 5.51. The van der Waals surface area contributed by atoms with Crippen LogP contribution in [0.15, 0.2) is 34.7 Å². The molecule has 5 atom stereocenters. The van der Waals surface area contributed by atoms with Gasteiger partial charge in [-0.15, -0.1) is 0 Å². The highest BCUT2D eigenvalue weighted by Crippen LogP contribution is 2.44. The van der Waals surface area contributed by atoms with E-state index in [0.717, 1.165) is 18.2 Å². The van der Waals surface area contributed by atoms with Gasteiger partial charge >= 0.3 is 11.3 Å². The van der Waals surface area contributed by atoms with Gasteiger partial charge in [0.2, 0.25) is 12.0 Å². The van der Waals surface area contributed by atoms with E-state index in [1.807, 2.05) is 0 Å². The van der Waals surface area contributed by atoms with Gasteiger partial charge in [0.15, 0.2) is 17.2 Å². The van der Waals surface area contributed by atoms with E-state index in [1.54, 1.807) is 0 Å². The van der Waals surface area contributed by atoms with Gasteiger partial charge in [-0.25, -0.2) is 4.42 Å². The summed E-state index contributed by atoms with van der Waals surface area (Å²) in [7, 11) is 0. The zero-order valence-electron chi connectivity index (χ0n) is 17.1. The molecule has 1 aliphatic heterocycles. The maximum Gasteiger partial charge on any atom is 0.402 e. The molecular formula is C21H21ClO12. The lowest BCUT2D eigenvalue weighted by atomic mass is 9.99. The Morgan fingerprint density at radius 1 is 0.824 bits per heavy atom. The molecule has 184 valence electrons. The molecule has 0 bridgehead atoms. The van der Waals surface area contributed by atoms with Gasteiger partial charge in [-0.1, -0.05) is 0 Å². The van der Waals surface area contributed by atoms with Crippen molar-refractivity contribution in [2.75, 3.05) is 6.61 Å². The first-order valence-electron chi connectivity index (χ1n) is 9.66. The molecule has 0 unspecified atom stereocenters. The Morgan fingerprint density at radius 3 is 2.09 bits per heavy atom. The Labute approximate surface area is 197 Å². The van der Waals surface area contributed by atoms with Crippen LogP contribution in [0.25, 0.3) is 22.3 Å². The lowest BCUT2D eigenvalue weighted by molar-refractivity contribution is -0.277. The quantitative estimate of drug-likeness (QED) is 0.130. The molecule has 0 saturated carbocycles. The zero-order valence-corrected chi connectivity index (χ0v) is 17.9. The number of hydrogen-bond acceptors (Lipinski definition) is 11. The monoisotopic (exact) mass is 500 g/mol. The van der Waals surface area contributed by atoms with Crippen molar-refractivity contribution >= 4 is 11.0 Å². The van der Waals surface area contributed by atoms with Crippen molar-refractivity contribution in [2.45, 2.75) is 30.7 Å². The summed E-state index contributed by atoms with van der Waals surface area (Å²) in [5, 5.41) is 89.2. The van der Waals surface area contributed by atoms with Crippen molar-refractivity contribution in [3.8, 4) is 45.8 Å². The predicted molar refractivity (Wildman–Crippen MR) is 109 cm³/mol. The highest BCUT2D eigenvalue weighted by Gasteiger charge is 2.45. The number of hydrogen-bond donors (Lipinski definition) is 9. The van der Waals surface area contributed by atoms with Crippen LogP contribution in [0.4, 0.5) is 0 Å². The summed E-state index contributed by atoms with van der Waals surface area (Å²) >= 11 is 0. The van der Waals surface area contributed by atoms with E-state index in [2.05, 4.69) is 0 Å². The fourth-order valence-corrected chi connectivity index (χ4v) is 3.50. The Hall–Kier alpha value is -3.26. The van der Waals surface area contributed by atoms with Crippen molar-refractivity contribution in [2.24, 2.45) is 0 Å². The summed E-state index contributed by atoms with van der Waals surface area (Å²) < 4.78 is 16.7. The van der Waals surface area contributed by atoms with Gasteiger partial charge in [0.25, 0.3) is 0 Å². The SMILES string of the molecule is OC[C@@H]1O[C@H](Oc2cc3c(O)cc(O)cc3[o+]c2-c2cc(O)c(O)c(O)c2)[C@@H](O)[C@H](O)[C@H]1O.[Cl-]. The van der Waals surface area contributed by atoms with E-state index in [1.165, 1.54) is 12.1 Å². The highest BCUT2D eigenvalue weighted by molar-refractivity contribution is 5.88. The Balaban J connectivity index is 0.00000324. The predicted octanol–water partition coefficient (Wildman–Crippen LogP) is -2.91. The van der Waals surface area contributed by atoms with E-state index in [-0.39, 0.29) is 46.2 Å². The zero-order chi connectivity index (χ0) is 24.0. The molecule has 4 rings (SSSR count). The van der Waals surface area contributed by atoms with Gasteiger partial charge in [0.1, 0.15) is 41.3 Å². The topological polar surface area (TPSA) is 212 Å². The summed E-state index contributed by atoms with van der Waals surface area (Å²) in [5.74, 6) is -3.32. The summed E-state index contributed by atoms with van der Waals surface area (Å²) in [4.78, 5) is 0. The number of phenols is 5. The van der Waals surface area contributed by atoms with Crippen LogP contribution in [-0.2, 0) is 4.74 Å². The number of fused-ring (bicyclic) bond motifs is 1. The normalized spacial score (nSPS) is 24.5. The van der Waals surface area contributed by atoms with Gasteiger partial charge in [-0.3, -0.25) is 0 Å². The van der Waals surface area contributed by atoms with Crippen molar-refractivity contribution in [1.82, 2.24) is 0 Å². The smallest absolute Gasteiger partial charge is 0.402 e. The lowest BCUT2D eigenvalue weighted by Gasteiger charge is -2.39. The maximum absolute atomic E-state index is 10.3. The fraction of sp³-hybridized carbons (Fsp3) is 0.286. The van der Waals surface area contributed by atoms with E-state index in [4.69, 9.17) is 13.9 Å². The minimum atomic E-state index is -1.76. The number of rotatable bonds is 4. The molecule has 0 spiro atoms. The molecule has 0 radical (unpaired) electrons. The fourth-order valence-electron chi connectivity index (χ4n) is 3.50. The van der Waals surface area contributed by atoms with E-state index < -0.39 is 60.3 Å². The summed E-state index contributed by atoms with van der Waals surface area (Å²) in [6.45, 7) is -0.695. The highest BCUT2D eigenvalue weighted by atomic mass is 35.5. The van der Waals surface area contributed by atoms with Gasteiger partial charge in [0.05, 0.1) is 18.2 Å². The number of halogens is 1. The van der Waals surface area contributed by atoms with Crippen molar-refractivity contribution in [3.63, 3.8) is 0 Å². The first-order chi connectivity index (χ1) is 15.6. The van der Waals surface area contributed by atoms with Crippen LogP contribution >= 0.6 is 0 Å². The third kappa shape index (κ3) is 4.42. The van der Waals surface area contributed by atoms with Crippen LogP contribution in [0.1, 0.15) is 0 Å². The molecule has 1 aromatic heterocycles. The molecule has 2 heterocycles. The number of aromatic hydroxyl groups is 5. The molecule has 12 nitrogen and oxygen atoms in total. The standard InChI is InChI=1S/C21H20O12.ClH/c22-6-15-17(28)18(29)19(30)21(33-15)32-14-5-9-10(24)3-8(23)4-13(9)31-20(14)7-1-11(25)16(27)12(26)2-7;/h1-5,15,17-19,21-22,28-30H,6H2,(H4-,23,24,25,26,27);1H/t15-,17-,18+,19-,21-;/m0./s1. The van der Waals surface area contributed by atoms with E-state index in [0.29, 0.717) is 0 Å². The number of ether oxygens (including phenoxy) is 2. The molecule has 0 aliphatic carbocycles. The summed E-state index contributed by atoms with van der Waals surface area (Å²) in [6.07, 6.45) is -7.99. The third-order valence-corrected chi connectivity index (χ3v) is 5.24. The number of aliphatic hydroxyl groups excluding tert-OH is 4. The number of phenolic OH excluding ortho intramolecular Hbond substituents is 5. The van der Waals surface area contributed by atoms with Crippen LogP contribution < -0.4 is 17.1 Å². The van der Waals surface area contributed by atoms with E-state index >= 15 is 0 Å². The average Bonchev–Trinajstić information content (AvgIpc) is 2.77. The number of aliphatic hydroxyl groups is 4. The summed E-state index contributed by atoms with van der Waals surface area (Å²) in [5.41, 5.74) is -0.0529. The molecule has 3 aromatic rings. The molecular weight excluding hydrogens is 480 g/mol. The van der Waals surface area contributed by atoms with Gasteiger partial charge in [-0.05, 0) is 0 Å². The molecule has 13 heteroatoms.